The standard InChI is InChI=1S/C22H29N5O2/c1-15-7-8-26(13-18-10-23-16(2)9-24-18)21(28)20(15)22(29)27-12-17-5-4-6-19(14-27)25(3)11-17/h7-10,17,19H,4-6,11-14H2,1-3H3/t17-,19-/m0/s1. The third-order valence-electron chi connectivity index (χ3n) is 6.27. The molecule has 0 aliphatic carbocycles. The van der Waals surface area contributed by atoms with E-state index in [9.17, 15) is 9.59 Å². The molecule has 7 nitrogen and oxygen atoms in total. The second-order valence-electron chi connectivity index (χ2n) is 8.56. The van der Waals surface area contributed by atoms with Gasteiger partial charge >= 0.3 is 0 Å². The average Bonchev–Trinajstić information content (AvgIpc) is 2.94. The number of hydrogen-bond acceptors (Lipinski definition) is 5. The van der Waals surface area contributed by atoms with Gasteiger partial charge in [0, 0.05) is 38.1 Å². The van der Waals surface area contributed by atoms with Crippen molar-refractivity contribution < 1.29 is 4.79 Å². The number of pyridine rings is 1. The van der Waals surface area contributed by atoms with Crippen LogP contribution in [0.3, 0.4) is 0 Å². The monoisotopic (exact) mass is 395 g/mol. The zero-order valence-corrected chi connectivity index (χ0v) is 17.5. The molecule has 154 valence electrons. The molecule has 0 radical (unpaired) electrons. The Balaban J connectivity index is 1.63. The summed E-state index contributed by atoms with van der Waals surface area (Å²) in [5.74, 6) is 0.342. The van der Waals surface area contributed by atoms with E-state index in [1.54, 1.807) is 23.2 Å². The second-order valence-corrected chi connectivity index (χ2v) is 8.56. The Kier molecular flexibility index (Phi) is 5.50. The number of nitrogens with zero attached hydrogens (tertiary/aromatic N) is 5. The van der Waals surface area contributed by atoms with Crippen LogP contribution in [0.15, 0.2) is 29.5 Å². The highest BCUT2D eigenvalue weighted by Crippen LogP contribution is 2.26. The highest BCUT2D eigenvalue weighted by Gasteiger charge is 2.34. The number of aryl methyl sites for hydroxylation is 2. The van der Waals surface area contributed by atoms with Gasteiger partial charge in [0.05, 0.1) is 24.1 Å². The van der Waals surface area contributed by atoms with Crippen LogP contribution in [0.4, 0.5) is 0 Å². The summed E-state index contributed by atoms with van der Waals surface area (Å²) in [6.07, 6.45) is 8.58. The molecule has 2 aliphatic heterocycles. The van der Waals surface area contributed by atoms with Gasteiger partial charge in [-0.05, 0) is 51.3 Å². The Hall–Kier alpha value is -2.54. The molecule has 2 aliphatic rings. The van der Waals surface area contributed by atoms with Gasteiger partial charge in [-0.25, -0.2) is 0 Å². The van der Waals surface area contributed by atoms with Gasteiger partial charge in [-0.1, -0.05) is 6.42 Å². The Morgan fingerprint density at radius 1 is 1.14 bits per heavy atom. The van der Waals surface area contributed by atoms with E-state index in [-0.39, 0.29) is 17.0 Å². The van der Waals surface area contributed by atoms with Gasteiger partial charge in [-0.2, -0.15) is 0 Å². The summed E-state index contributed by atoms with van der Waals surface area (Å²) in [6, 6.07) is 2.22. The smallest absolute Gasteiger partial charge is 0.264 e. The third kappa shape index (κ3) is 4.10. The molecule has 2 aromatic heterocycles. The predicted octanol–water partition coefficient (Wildman–Crippen LogP) is 1.86. The number of carbonyl (C=O) groups excluding carboxylic acids is 1. The molecule has 1 amide bonds. The summed E-state index contributed by atoms with van der Waals surface area (Å²) in [7, 11) is 2.15. The van der Waals surface area contributed by atoms with Crippen molar-refractivity contribution in [3.05, 3.63) is 57.5 Å². The number of amides is 1. The lowest BCUT2D eigenvalue weighted by atomic mass is 9.99. The molecule has 7 heteroatoms. The van der Waals surface area contributed by atoms with Crippen molar-refractivity contribution in [2.45, 2.75) is 45.7 Å². The van der Waals surface area contributed by atoms with E-state index in [1.165, 1.54) is 6.42 Å². The minimum atomic E-state index is -0.250. The number of fused-ring (bicyclic) bond motifs is 3. The summed E-state index contributed by atoms with van der Waals surface area (Å²) in [6.45, 7) is 6.48. The van der Waals surface area contributed by atoms with Crippen molar-refractivity contribution in [1.82, 2.24) is 24.3 Å². The Morgan fingerprint density at radius 2 is 1.97 bits per heavy atom. The fourth-order valence-corrected chi connectivity index (χ4v) is 4.58. The van der Waals surface area contributed by atoms with E-state index in [0.717, 1.165) is 37.2 Å². The maximum absolute atomic E-state index is 13.4. The van der Waals surface area contributed by atoms with Crippen molar-refractivity contribution in [2.75, 3.05) is 26.7 Å². The third-order valence-corrected chi connectivity index (χ3v) is 6.27. The molecule has 4 rings (SSSR count). The van der Waals surface area contributed by atoms with Crippen LogP contribution in [0.25, 0.3) is 0 Å². The molecule has 4 heterocycles. The summed E-state index contributed by atoms with van der Waals surface area (Å²) in [4.78, 5) is 39.5. The second kappa shape index (κ2) is 8.06. The van der Waals surface area contributed by atoms with Gasteiger partial charge < -0.3 is 14.4 Å². The molecule has 2 fully saturated rings. The molecule has 2 aromatic rings. The van der Waals surface area contributed by atoms with Gasteiger partial charge in [-0.3, -0.25) is 19.6 Å². The fraction of sp³-hybridized carbons (Fsp3) is 0.545. The van der Waals surface area contributed by atoms with Crippen LogP contribution in [0.1, 0.15) is 46.6 Å². The van der Waals surface area contributed by atoms with E-state index in [0.29, 0.717) is 30.7 Å². The van der Waals surface area contributed by atoms with Gasteiger partial charge in [0.1, 0.15) is 5.56 Å². The maximum atomic E-state index is 13.4. The van der Waals surface area contributed by atoms with Crippen LogP contribution >= 0.6 is 0 Å². The number of likely N-dealkylation sites (tertiary alicyclic amines) is 1. The first-order valence-electron chi connectivity index (χ1n) is 10.4. The van der Waals surface area contributed by atoms with Gasteiger partial charge in [-0.15, -0.1) is 0 Å². The Bertz CT molecular complexity index is 953. The van der Waals surface area contributed by atoms with Gasteiger partial charge in [0.2, 0.25) is 0 Å². The van der Waals surface area contributed by atoms with Crippen molar-refractivity contribution in [3.8, 4) is 0 Å². The van der Waals surface area contributed by atoms with Crippen LogP contribution in [-0.2, 0) is 6.54 Å². The minimum Gasteiger partial charge on any atom is -0.337 e. The number of likely N-dealkylation sites (N-methyl/N-ethyl adjacent to an activating group) is 1. The zero-order valence-electron chi connectivity index (χ0n) is 17.5. The van der Waals surface area contributed by atoms with Gasteiger partial charge in [0.15, 0.2) is 0 Å². The Labute approximate surface area is 171 Å². The van der Waals surface area contributed by atoms with Crippen molar-refractivity contribution in [3.63, 3.8) is 0 Å². The van der Waals surface area contributed by atoms with Crippen LogP contribution in [0.2, 0.25) is 0 Å². The highest BCUT2D eigenvalue weighted by molar-refractivity contribution is 5.95. The molecule has 0 aromatic carbocycles. The molecule has 2 atom stereocenters. The number of rotatable bonds is 3. The van der Waals surface area contributed by atoms with Crippen molar-refractivity contribution in [2.24, 2.45) is 5.92 Å². The lowest BCUT2D eigenvalue weighted by Gasteiger charge is -2.30. The maximum Gasteiger partial charge on any atom is 0.264 e. The SMILES string of the molecule is Cc1cnc(Cn2ccc(C)c(C(=O)N3C[C@H]4CCC[C@@H](C3)N(C)C4)c2=O)cn1. The fourth-order valence-electron chi connectivity index (χ4n) is 4.58. The molecule has 2 bridgehead atoms. The molecular formula is C22H29N5O2. The number of carbonyl (C=O) groups is 1. The first kappa shape index (κ1) is 19.8. The zero-order chi connectivity index (χ0) is 20.5. The molecule has 0 unspecified atom stereocenters. The lowest BCUT2D eigenvalue weighted by molar-refractivity contribution is 0.0707. The van der Waals surface area contributed by atoms with Crippen molar-refractivity contribution >= 4 is 5.91 Å². The largest absolute Gasteiger partial charge is 0.337 e. The van der Waals surface area contributed by atoms with E-state index in [4.69, 9.17) is 0 Å². The van der Waals surface area contributed by atoms with Gasteiger partial charge in [0.25, 0.3) is 11.5 Å². The topological polar surface area (TPSA) is 71.3 Å². The van der Waals surface area contributed by atoms with E-state index in [1.807, 2.05) is 24.8 Å². The molecule has 29 heavy (non-hydrogen) atoms. The van der Waals surface area contributed by atoms with Crippen LogP contribution in [0.5, 0.6) is 0 Å². The summed E-state index contributed by atoms with van der Waals surface area (Å²) in [5.41, 5.74) is 2.30. The summed E-state index contributed by atoms with van der Waals surface area (Å²) >= 11 is 0. The van der Waals surface area contributed by atoms with E-state index < -0.39 is 0 Å². The summed E-state index contributed by atoms with van der Waals surface area (Å²) < 4.78 is 1.56. The molecule has 0 N–H and O–H groups in total. The van der Waals surface area contributed by atoms with E-state index in [2.05, 4.69) is 21.9 Å². The predicted molar refractivity (Wildman–Crippen MR) is 111 cm³/mol. The quantitative estimate of drug-likeness (QED) is 0.793. The van der Waals surface area contributed by atoms with Crippen molar-refractivity contribution in [1.29, 1.82) is 0 Å². The lowest BCUT2D eigenvalue weighted by Crippen LogP contribution is -2.44. The first-order valence-corrected chi connectivity index (χ1v) is 10.4. The van der Waals surface area contributed by atoms with Crippen LogP contribution in [-0.4, -0.2) is 63.0 Å². The normalized spacial score (nSPS) is 22.4. The summed E-state index contributed by atoms with van der Waals surface area (Å²) in [5, 5.41) is 0. The molecule has 0 saturated carbocycles. The van der Waals surface area contributed by atoms with E-state index >= 15 is 0 Å². The number of aromatic nitrogens is 3. The van der Waals surface area contributed by atoms with Crippen LogP contribution < -0.4 is 5.56 Å². The molecular weight excluding hydrogens is 366 g/mol. The highest BCUT2D eigenvalue weighted by atomic mass is 16.2. The number of hydrogen-bond donors (Lipinski definition) is 0. The molecule has 0 spiro atoms. The minimum absolute atomic E-state index is 0.135. The van der Waals surface area contributed by atoms with Crippen LogP contribution in [0, 0.1) is 19.8 Å². The first-order chi connectivity index (χ1) is 13.9. The molecule has 2 saturated heterocycles. The Morgan fingerprint density at radius 3 is 2.72 bits per heavy atom. The average molecular weight is 396 g/mol.